The van der Waals surface area contributed by atoms with Crippen LogP contribution < -0.4 is 10.5 Å². The van der Waals surface area contributed by atoms with Crippen molar-refractivity contribution in [2.75, 3.05) is 12.3 Å². The van der Waals surface area contributed by atoms with Gasteiger partial charge in [-0.2, -0.15) is 0 Å². The molecule has 0 heterocycles. The Hall–Kier alpha value is -1.51. The van der Waals surface area contributed by atoms with Gasteiger partial charge >= 0.3 is 0 Å². The average molecular weight is 205 g/mol. The van der Waals surface area contributed by atoms with Crippen LogP contribution in [0.4, 0.5) is 5.69 Å². The van der Waals surface area contributed by atoms with E-state index in [1.54, 1.807) is 18.2 Å². The van der Waals surface area contributed by atoms with E-state index < -0.39 is 0 Å². The Morgan fingerprint density at radius 2 is 2.27 bits per heavy atom. The first-order valence-electron chi connectivity index (χ1n) is 5.29. The van der Waals surface area contributed by atoms with E-state index in [2.05, 4.69) is 0 Å². The van der Waals surface area contributed by atoms with Crippen molar-refractivity contribution >= 4 is 11.5 Å². The molecule has 1 aromatic rings. The molecule has 2 rings (SSSR count). The SMILES string of the molecule is CCOc1ccc(C(=O)C2CC2)cc1N. The second-order valence-electron chi connectivity index (χ2n) is 3.82. The molecule has 0 radical (unpaired) electrons. The Morgan fingerprint density at radius 3 is 2.80 bits per heavy atom. The zero-order valence-electron chi connectivity index (χ0n) is 8.82. The first kappa shape index (κ1) is 10.0. The van der Waals surface area contributed by atoms with Gasteiger partial charge in [0.1, 0.15) is 5.75 Å². The van der Waals surface area contributed by atoms with Gasteiger partial charge in [0, 0.05) is 11.5 Å². The smallest absolute Gasteiger partial charge is 0.166 e. The van der Waals surface area contributed by atoms with Crippen LogP contribution >= 0.6 is 0 Å². The molecule has 0 bridgehead atoms. The van der Waals surface area contributed by atoms with E-state index in [9.17, 15) is 4.79 Å². The summed E-state index contributed by atoms with van der Waals surface area (Å²) >= 11 is 0. The van der Waals surface area contributed by atoms with Crippen molar-refractivity contribution in [2.24, 2.45) is 5.92 Å². The average Bonchev–Trinajstić information content (AvgIpc) is 3.04. The highest BCUT2D eigenvalue weighted by Gasteiger charge is 2.30. The van der Waals surface area contributed by atoms with Gasteiger partial charge in [0.05, 0.1) is 12.3 Å². The molecule has 1 aliphatic carbocycles. The number of carbonyl (C=O) groups is 1. The molecule has 2 N–H and O–H groups in total. The molecule has 15 heavy (non-hydrogen) atoms. The lowest BCUT2D eigenvalue weighted by atomic mass is 10.1. The third-order valence-electron chi connectivity index (χ3n) is 2.54. The number of benzene rings is 1. The summed E-state index contributed by atoms with van der Waals surface area (Å²) in [7, 11) is 0. The van der Waals surface area contributed by atoms with Crippen molar-refractivity contribution in [3.63, 3.8) is 0 Å². The van der Waals surface area contributed by atoms with Gasteiger partial charge in [-0.1, -0.05) is 0 Å². The minimum atomic E-state index is 0.213. The van der Waals surface area contributed by atoms with Crippen LogP contribution in [0.2, 0.25) is 0 Å². The molecule has 3 heteroatoms. The summed E-state index contributed by atoms with van der Waals surface area (Å²) in [4.78, 5) is 11.7. The third-order valence-corrected chi connectivity index (χ3v) is 2.54. The molecule has 0 atom stereocenters. The van der Waals surface area contributed by atoms with Crippen LogP contribution in [-0.4, -0.2) is 12.4 Å². The Bertz CT molecular complexity index is 383. The van der Waals surface area contributed by atoms with Gasteiger partial charge in [-0.15, -0.1) is 0 Å². The Labute approximate surface area is 89.2 Å². The van der Waals surface area contributed by atoms with E-state index in [0.717, 1.165) is 12.8 Å². The second kappa shape index (κ2) is 3.93. The molecule has 0 unspecified atom stereocenters. The number of hydrogen-bond donors (Lipinski definition) is 1. The van der Waals surface area contributed by atoms with Crippen molar-refractivity contribution in [3.05, 3.63) is 23.8 Å². The molecule has 1 saturated carbocycles. The maximum Gasteiger partial charge on any atom is 0.166 e. The number of rotatable bonds is 4. The van der Waals surface area contributed by atoms with Gasteiger partial charge in [-0.3, -0.25) is 4.79 Å². The largest absolute Gasteiger partial charge is 0.492 e. The highest BCUT2D eigenvalue weighted by molar-refractivity contribution is 6.00. The molecular formula is C12H15NO2. The van der Waals surface area contributed by atoms with E-state index in [1.807, 2.05) is 6.92 Å². The van der Waals surface area contributed by atoms with E-state index in [-0.39, 0.29) is 11.7 Å². The van der Waals surface area contributed by atoms with Gasteiger partial charge in [0.2, 0.25) is 0 Å². The number of nitrogen functional groups attached to an aromatic ring is 1. The third kappa shape index (κ3) is 2.12. The fraction of sp³-hybridized carbons (Fsp3) is 0.417. The van der Waals surface area contributed by atoms with Crippen molar-refractivity contribution in [1.29, 1.82) is 0 Å². The summed E-state index contributed by atoms with van der Waals surface area (Å²) < 4.78 is 5.31. The molecule has 0 spiro atoms. The van der Waals surface area contributed by atoms with Crippen LogP contribution in [0.25, 0.3) is 0 Å². The summed E-state index contributed by atoms with van der Waals surface area (Å²) in [6.07, 6.45) is 2.04. The highest BCUT2D eigenvalue weighted by atomic mass is 16.5. The number of nitrogens with two attached hydrogens (primary N) is 1. The molecule has 0 amide bonds. The van der Waals surface area contributed by atoms with E-state index in [1.165, 1.54) is 0 Å². The zero-order chi connectivity index (χ0) is 10.8. The Kier molecular flexibility index (Phi) is 2.62. The lowest BCUT2D eigenvalue weighted by Gasteiger charge is -2.07. The lowest BCUT2D eigenvalue weighted by molar-refractivity contribution is 0.0967. The molecule has 1 aliphatic rings. The topological polar surface area (TPSA) is 52.3 Å². The van der Waals surface area contributed by atoms with E-state index >= 15 is 0 Å². The summed E-state index contributed by atoms with van der Waals surface area (Å²) in [5.41, 5.74) is 7.04. The number of Topliss-reactive ketones (excluding diaryl/α,β-unsaturated/α-hetero) is 1. The van der Waals surface area contributed by atoms with E-state index in [0.29, 0.717) is 23.6 Å². The maximum absolute atomic E-state index is 11.7. The minimum absolute atomic E-state index is 0.213. The minimum Gasteiger partial charge on any atom is -0.492 e. The molecule has 0 aromatic heterocycles. The van der Waals surface area contributed by atoms with Crippen molar-refractivity contribution < 1.29 is 9.53 Å². The zero-order valence-corrected chi connectivity index (χ0v) is 8.82. The quantitative estimate of drug-likeness (QED) is 0.606. The number of ether oxygens (including phenoxy) is 1. The molecule has 0 saturated heterocycles. The standard InChI is InChI=1S/C12H15NO2/c1-2-15-11-6-5-9(7-10(11)13)12(14)8-3-4-8/h5-8H,2-4,13H2,1H3. The number of ketones is 1. The molecular weight excluding hydrogens is 190 g/mol. The fourth-order valence-corrected chi connectivity index (χ4v) is 1.57. The Balaban J connectivity index is 2.20. The van der Waals surface area contributed by atoms with Gasteiger partial charge in [0.15, 0.2) is 5.78 Å². The van der Waals surface area contributed by atoms with Crippen LogP contribution in [0.1, 0.15) is 30.1 Å². The number of carbonyl (C=O) groups excluding carboxylic acids is 1. The van der Waals surface area contributed by atoms with Crippen molar-refractivity contribution in [3.8, 4) is 5.75 Å². The van der Waals surface area contributed by atoms with Gasteiger partial charge in [0.25, 0.3) is 0 Å². The number of hydrogen-bond acceptors (Lipinski definition) is 3. The monoisotopic (exact) mass is 205 g/mol. The first-order chi connectivity index (χ1) is 7.22. The molecule has 1 aromatic carbocycles. The van der Waals surface area contributed by atoms with Gasteiger partial charge < -0.3 is 10.5 Å². The maximum atomic E-state index is 11.7. The summed E-state index contributed by atoms with van der Waals surface area (Å²) in [5, 5.41) is 0. The van der Waals surface area contributed by atoms with Crippen LogP contribution in [0.15, 0.2) is 18.2 Å². The van der Waals surface area contributed by atoms with Gasteiger partial charge in [-0.25, -0.2) is 0 Å². The van der Waals surface area contributed by atoms with Crippen LogP contribution in [0.3, 0.4) is 0 Å². The molecule has 80 valence electrons. The molecule has 0 aliphatic heterocycles. The van der Waals surface area contributed by atoms with Crippen LogP contribution in [-0.2, 0) is 0 Å². The van der Waals surface area contributed by atoms with Crippen molar-refractivity contribution in [1.82, 2.24) is 0 Å². The van der Waals surface area contributed by atoms with Crippen LogP contribution in [0, 0.1) is 5.92 Å². The molecule has 3 nitrogen and oxygen atoms in total. The number of anilines is 1. The first-order valence-corrected chi connectivity index (χ1v) is 5.29. The van der Waals surface area contributed by atoms with E-state index in [4.69, 9.17) is 10.5 Å². The Morgan fingerprint density at radius 1 is 1.53 bits per heavy atom. The summed E-state index contributed by atoms with van der Waals surface area (Å²) in [6, 6.07) is 5.28. The van der Waals surface area contributed by atoms with Crippen molar-refractivity contribution in [2.45, 2.75) is 19.8 Å². The predicted molar refractivity (Wildman–Crippen MR) is 59.1 cm³/mol. The molecule has 1 fully saturated rings. The van der Waals surface area contributed by atoms with Gasteiger partial charge in [-0.05, 0) is 38.0 Å². The highest BCUT2D eigenvalue weighted by Crippen LogP contribution is 2.34. The fourth-order valence-electron chi connectivity index (χ4n) is 1.57. The normalized spacial score (nSPS) is 15.0. The summed E-state index contributed by atoms with van der Waals surface area (Å²) in [6.45, 7) is 2.49. The second-order valence-corrected chi connectivity index (χ2v) is 3.82. The summed E-state index contributed by atoms with van der Waals surface area (Å²) in [5.74, 6) is 1.11. The predicted octanol–water partition coefficient (Wildman–Crippen LogP) is 2.26. The lowest BCUT2D eigenvalue weighted by Crippen LogP contribution is -2.03. The van der Waals surface area contributed by atoms with Crippen LogP contribution in [0.5, 0.6) is 5.75 Å².